The average Bonchev–Trinajstić information content (AvgIpc) is 3.06. The molecule has 0 amide bonds. The molecule has 2 unspecified atom stereocenters. The minimum atomic E-state index is 0.617. The number of likely N-dealkylation sites (tertiary alicyclic amines) is 1. The van der Waals surface area contributed by atoms with Crippen LogP contribution in [0.2, 0.25) is 0 Å². The Morgan fingerprint density at radius 1 is 1.04 bits per heavy atom. The van der Waals surface area contributed by atoms with Gasteiger partial charge in [0, 0.05) is 58.9 Å². The Kier molecular flexibility index (Phi) is 9.20. The summed E-state index contributed by atoms with van der Waals surface area (Å²) in [4.78, 5) is 12.7. The number of rotatable bonds is 8. The molecule has 2 aliphatic heterocycles. The number of nitrogens with zero attached hydrogens (tertiary/aromatic N) is 4. The predicted molar refractivity (Wildman–Crippen MR) is 113 cm³/mol. The monoisotopic (exact) mass is 365 g/mol. The standard InChI is InChI=1S/C21H43N5/c1-6-22-21(26-9-8-20(17-26)14-18(3)4)23-15-19(5)16-25-12-10-24(7-2)11-13-25/h18-20H,6-17H2,1-5H3,(H,22,23). The van der Waals surface area contributed by atoms with Crippen LogP contribution in [0.3, 0.4) is 0 Å². The molecular formula is C21H43N5. The summed E-state index contributed by atoms with van der Waals surface area (Å²) in [5.41, 5.74) is 0. The van der Waals surface area contributed by atoms with Crippen LogP contribution in [-0.2, 0) is 0 Å². The van der Waals surface area contributed by atoms with Crippen LogP contribution in [0.15, 0.2) is 4.99 Å². The lowest BCUT2D eigenvalue weighted by Crippen LogP contribution is -2.47. The molecule has 5 heteroatoms. The molecule has 2 fully saturated rings. The van der Waals surface area contributed by atoms with Crippen LogP contribution >= 0.6 is 0 Å². The normalized spacial score (nSPS) is 24.5. The second-order valence-corrected chi connectivity index (χ2v) is 8.76. The van der Waals surface area contributed by atoms with E-state index < -0.39 is 0 Å². The van der Waals surface area contributed by atoms with Gasteiger partial charge in [-0.3, -0.25) is 4.99 Å². The molecule has 1 N–H and O–H groups in total. The van der Waals surface area contributed by atoms with Gasteiger partial charge >= 0.3 is 0 Å². The average molecular weight is 366 g/mol. The number of guanidine groups is 1. The summed E-state index contributed by atoms with van der Waals surface area (Å²) < 4.78 is 0. The molecule has 26 heavy (non-hydrogen) atoms. The van der Waals surface area contributed by atoms with Crippen molar-refractivity contribution in [3.8, 4) is 0 Å². The largest absolute Gasteiger partial charge is 0.357 e. The van der Waals surface area contributed by atoms with E-state index in [-0.39, 0.29) is 0 Å². The SMILES string of the molecule is CCNC(=NCC(C)CN1CCN(CC)CC1)N1CCC(CC(C)C)C1. The van der Waals surface area contributed by atoms with Gasteiger partial charge in [-0.2, -0.15) is 0 Å². The molecular weight excluding hydrogens is 322 g/mol. The van der Waals surface area contributed by atoms with E-state index in [4.69, 9.17) is 4.99 Å². The van der Waals surface area contributed by atoms with Gasteiger partial charge in [-0.15, -0.1) is 0 Å². The zero-order valence-corrected chi connectivity index (χ0v) is 18.0. The van der Waals surface area contributed by atoms with Crippen molar-refractivity contribution in [1.29, 1.82) is 0 Å². The van der Waals surface area contributed by atoms with Gasteiger partial charge in [0.05, 0.1) is 0 Å². The van der Waals surface area contributed by atoms with E-state index in [1.165, 1.54) is 58.7 Å². The first-order chi connectivity index (χ1) is 12.5. The van der Waals surface area contributed by atoms with Gasteiger partial charge in [0.15, 0.2) is 5.96 Å². The minimum absolute atomic E-state index is 0.617. The highest BCUT2D eigenvalue weighted by Crippen LogP contribution is 2.23. The van der Waals surface area contributed by atoms with Crippen molar-refractivity contribution < 1.29 is 0 Å². The fourth-order valence-corrected chi connectivity index (χ4v) is 4.34. The van der Waals surface area contributed by atoms with Gasteiger partial charge in [0.25, 0.3) is 0 Å². The molecule has 2 aliphatic rings. The maximum absolute atomic E-state index is 5.00. The molecule has 2 heterocycles. The molecule has 0 aliphatic carbocycles. The Labute approximate surface area is 162 Å². The van der Waals surface area contributed by atoms with Crippen LogP contribution < -0.4 is 5.32 Å². The topological polar surface area (TPSA) is 34.1 Å². The first kappa shape index (κ1) is 21.5. The second-order valence-electron chi connectivity index (χ2n) is 8.76. The van der Waals surface area contributed by atoms with Crippen molar-refractivity contribution in [2.45, 2.75) is 47.5 Å². The van der Waals surface area contributed by atoms with Crippen LogP contribution in [0, 0.1) is 17.8 Å². The van der Waals surface area contributed by atoms with Crippen LogP contribution in [0.25, 0.3) is 0 Å². The number of nitrogens with one attached hydrogen (secondary N) is 1. The van der Waals surface area contributed by atoms with Gasteiger partial charge < -0.3 is 20.0 Å². The Hall–Kier alpha value is -0.810. The van der Waals surface area contributed by atoms with Crippen molar-refractivity contribution in [1.82, 2.24) is 20.0 Å². The molecule has 2 atom stereocenters. The van der Waals surface area contributed by atoms with Crippen molar-refractivity contribution in [2.75, 3.05) is 65.4 Å². The highest BCUT2D eigenvalue weighted by molar-refractivity contribution is 5.80. The predicted octanol–water partition coefficient (Wildman–Crippen LogP) is 2.59. The molecule has 0 bridgehead atoms. The third kappa shape index (κ3) is 7.07. The molecule has 2 saturated heterocycles. The zero-order valence-electron chi connectivity index (χ0n) is 18.0. The first-order valence-corrected chi connectivity index (χ1v) is 11.0. The van der Waals surface area contributed by atoms with E-state index in [0.717, 1.165) is 37.4 Å². The van der Waals surface area contributed by atoms with Crippen molar-refractivity contribution >= 4 is 5.96 Å². The van der Waals surface area contributed by atoms with Crippen LogP contribution in [0.5, 0.6) is 0 Å². The Bertz CT molecular complexity index is 415. The first-order valence-electron chi connectivity index (χ1n) is 11.0. The lowest BCUT2D eigenvalue weighted by atomic mass is 9.97. The van der Waals surface area contributed by atoms with Crippen LogP contribution in [0.1, 0.15) is 47.5 Å². The Balaban J connectivity index is 1.79. The number of likely N-dealkylation sites (N-methyl/N-ethyl adjacent to an activating group) is 1. The quantitative estimate of drug-likeness (QED) is 0.530. The van der Waals surface area contributed by atoms with Crippen molar-refractivity contribution in [2.24, 2.45) is 22.7 Å². The number of hydrogen-bond donors (Lipinski definition) is 1. The molecule has 0 saturated carbocycles. The highest BCUT2D eigenvalue weighted by atomic mass is 15.3. The molecule has 152 valence electrons. The molecule has 0 aromatic carbocycles. The van der Waals surface area contributed by atoms with E-state index in [2.05, 4.69) is 54.6 Å². The molecule has 0 aromatic heterocycles. The number of aliphatic imine (C=N–C) groups is 1. The lowest BCUT2D eigenvalue weighted by Gasteiger charge is -2.35. The fraction of sp³-hybridized carbons (Fsp3) is 0.952. The third-order valence-electron chi connectivity index (χ3n) is 5.76. The summed E-state index contributed by atoms with van der Waals surface area (Å²) in [5, 5.41) is 3.53. The highest BCUT2D eigenvalue weighted by Gasteiger charge is 2.25. The van der Waals surface area contributed by atoms with Gasteiger partial charge in [-0.25, -0.2) is 0 Å². The van der Waals surface area contributed by atoms with E-state index in [9.17, 15) is 0 Å². The van der Waals surface area contributed by atoms with E-state index in [1.807, 2.05) is 0 Å². The summed E-state index contributed by atoms with van der Waals surface area (Å²) in [6.45, 7) is 22.9. The summed E-state index contributed by atoms with van der Waals surface area (Å²) in [7, 11) is 0. The summed E-state index contributed by atoms with van der Waals surface area (Å²) in [6, 6.07) is 0. The minimum Gasteiger partial charge on any atom is -0.357 e. The van der Waals surface area contributed by atoms with Gasteiger partial charge in [-0.1, -0.05) is 27.7 Å². The van der Waals surface area contributed by atoms with Crippen molar-refractivity contribution in [3.05, 3.63) is 0 Å². The Morgan fingerprint density at radius 2 is 1.73 bits per heavy atom. The van der Waals surface area contributed by atoms with Crippen LogP contribution in [0.4, 0.5) is 0 Å². The van der Waals surface area contributed by atoms with Gasteiger partial charge in [0.2, 0.25) is 0 Å². The summed E-state index contributed by atoms with van der Waals surface area (Å²) in [6.07, 6.45) is 2.66. The second kappa shape index (κ2) is 11.1. The number of hydrogen-bond acceptors (Lipinski definition) is 3. The summed E-state index contributed by atoms with van der Waals surface area (Å²) >= 11 is 0. The maximum atomic E-state index is 5.00. The smallest absolute Gasteiger partial charge is 0.193 e. The summed E-state index contributed by atoms with van der Waals surface area (Å²) in [5.74, 6) is 3.39. The van der Waals surface area contributed by atoms with Crippen molar-refractivity contribution in [3.63, 3.8) is 0 Å². The molecule has 0 aromatic rings. The lowest BCUT2D eigenvalue weighted by molar-refractivity contribution is 0.125. The van der Waals surface area contributed by atoms with Gasteiger partial charge in [-0.05, 0) is 44.1 Å². The number of piperazine rings is 1. The van der Waals surface area contributed by atoms with Gasteiger partial charge in [0.1, 0.15) is 0 Å². The molecule has 0 radical (unpaired) electrons. The van der Waals surface area contributed by atoms with E-state index in [0.29, 0.717) is 5.92 Å². The maximum Gasteiger partial charge on any atom is 0.193 e. The van der Waals surface area contributed by atoms with E-state index in [1.54, 1.807) is 0 Å². The molecule has 5 nitrogen and oxygen atoms in total. The molecule has 2 rings (SSSR count). The Morgan fingerprint density at radius 3 is 2.35 bits per heavy atom. The fourth-order valence-electron chi connectivity index (χ4n) is 4.34. The van der Waals surface area contributed by atoms with E-state index >= 15 is 0 Å². The third-order valence-corrected chi connectivity index (χ3v) is 5.76. The molecule has 0 spiro atoms. The van der Waals surface area contributed by atoms with Crippen LogP contribution in [-0.4, -0.2) is 86.1 Å². The zero-order chi connectivity index (χ0) is 18.9.